The highest BCUT2D eigenvalue weighted by Crippen LogP contribution is 2.12. The van der Waals surface area contributed by atoms with Gasteiger partial charge >= 0.3 is 0 Å². The van der Waals surface area contributed by atoms with Crippen LogP contribution in [0.25, 0.3) is 0 Å². The monoisotopic (exact) mass is 240 g/mol. The third-order valence-electron chi connectivity index (χ3n) is 2.49. The summed E-state index contributed by atoms with van der Waals surface area (Å²) in [5.41, 5.74) is 1.07. The summed E-state index contributed by atoms with van der Waals surface area (Å²) >= 11 is 0. The van der Waals surface area contributed by atoms with Gasteiger partial charge in [-0.25, -0.2) is 0 Å². The number of hydrogen-bond acceptors (Lipinski definition) is 4. The number of hydrogen-bond donors (Lipinski definition) is 2. The fourth-order valence-electron chi connectivity index (χ4n) is 1.42. The molecule has 2 N–H and O–H groups in total. The zero-order valence-electron chi connectivity index (χ0n) is 10.1. The second-order valence-electron chi connectivity index (χ2n) is 3.86. The van der Waals surface area contributed by atoms with Gasteiger partial charge in [0.15, 0.2) is 0 Å². The van der Waals surface area contributed by atoms with Crippen LogP contribution in [0.15, 0.2) is 24.3 Å². The first-order valence-corrected chi connectivity index (χ1v) is 5.76. The van der Waals surface area contributed by atoms with E-state index in [-0.39, 0.29) is 6.61 Å². The quantitative estimate of drug-likeness (QED) is 0.673. The van der Waals surface area contributed by atoms with Crippen molar-refractivity contribution in [2.45, 2.75) is 25.6 Å². The summed E-state index contributed by atoms with van der Waals surface area (Å²) in [7, 11) is 1.63. The molecule has 1 rings (SSSR count). The average Bonchev–Trinajstić information content (AvgIpc) is 2.36. The molecule has 1 atom stereocenters. The minimum atomic E-state index is -0.476. The maximum Gasteiger partial charge on any atom is 0.118 e. The van der Waals surface area contributed by atoms with Gasteiger partial charge in [-0.05, 0) is 30.5 Å². The largest absolute Gasteiger partial charge is 0.497 e. The van der Waals surface area contributed by atoms with E-state index < -0.39 is 6.10 Å². The second-order valence-corrected chi connectivity index (χ2v) is 3.86. The minimum Gasteiger partial charge on any atom is -0.497 e. The van der Waals surface area contributed by atoms with E-state index in [0.29, 0.717) is 26.1 Å². The first-order valence-electron chi connectivity index (χ1n) is 5.76. The summed E-state index contributed by atoms with van der Waals surface area (Å²) in [6, 6.07) is 7.67. The van der Waals surface area contributed by atoms with E-state index >= 15 is 0 Å². The molecular weight excluding hydrogens is 220 g/mol. The smallest absolute Gasteiger partial charge is 0.118 e. The molecule has 0 saturated carbocycles. The molecule has 0 radical (unpaired) electrons. The molecule has 0 aliphatic heterocycles. The number of ether oxygens (including phenoxy) is 2. The number of rotatable bonds is 8. The standard InChI is InChI=1S/C13H20O4/c1-16-13-4-2-11(3-5-13)10-17-9-7-12(15)6-8-14/h2-5,12,14-15H,6-10H2,1H3/t12-/m0/s1. The van der Waals surface area contributed by atoms with E-state index in [2.05, 4.69) is 0 Å². The maximum atomic E-state index is 9.36. The SMILES string of the molecule is COc1ccc(COCC[C@@H](O)CCO)cc1. The van der Waals surface area contributed by atoms with Crippen LogP contribution in [0.4, 0.5) is 0 Å². The highest BCUT2D eigenvalue weighted by Gasteiger charge is 2.02. The van der Waals surface area contributed by atoms with Crippen molar-refractivity contribution in [1.82, 2.24) is 0 Å². The Labute approximate surface area is 102 Å². The van der Waals surface area contributed by atoms with Gasteiger partial charge in [-0.3, -0.25) is 0 Å². The van der Waals surface area contributed by atoms with Crippen molar-refractivity contribution < 1.29 is 19.7 Å². The van der Waals surface area contributed by atoms with Crippen molar-refractivity contribution in [1.29, 1.82) is 0 Å². The molecule has 96 valence electrons. The Hall–Kier alpha value is -1.10. The van der Waals surface area contributed by atoms with Gasteiger partial charge in [0.05, 0.1) is 19.8 Å². The van der Waals surface area contributed by atoms with Gasteiger partial charge in [0.2, 0.25) is 0 Å². The van der Waals surface area contributed by atoms with Crippen molar-refractivity contribution in [3.05, 3.63) is 29.8 Å². The molecule has 0 aromatic heterocycles. The zero-order valence-corrected chi connectivity index (χ0v) is 10.1. The second kappa shape index (κ2) is 8.06. The Morgan fingerprint density at radius 3 is 2.47 bits per heavy atom. The van der Waals surface area contributed by atoms with Gasteiger partial charge < -0.3 is 19.7 Å². The number of aliphatic hydroxyl groups is 2. The molecule has 4 heteroatoms. The Morgan fingerprint density at radius 1 is 1.18 bits per heavy atom. The predicted octanol–water partition coefficient (Wildman–Crippen LogP) is 1.35. The Kier molecular flexibility index (Phi) is 6.62. The van der Waals surface area contributed by atoms with Crippen LogP contribution in [-0.4, -0.2) is 36.6 Å². The van der Waals surface area contributed by atoms with E-state index in [4.69, 9.17) is 14.6 Å². The Bertz CT molecular complexity index is 297. The lowest BCUT2D eigenvalue weighted by atomic mass is 10.2. The minimum absolute atomic E-state index is 0.0135. The van der Waals surface area contributed by atoms with Crippen LogP contribution in [0.5, 0.6) is 5.75 Å². The van der Waals surface area contributed by atoms with E-state index in [9.17, 15) is 5.11 Å². The van der Waals surface area contributed by atoms with Crippen LogP contribution >= 0.6 is 0 Å². The summed E-state index contributed by atoms with van der Waals surface area (Å²) in [6.45, 7) is 1.03. The molecule has 1 aromatic carbocycles. The summed E-state index contributed by atoms with van der Waals surface area (Å²) in [6.07, 6.45) is 0.485. The number of aliphatic hydroxyl groups excluding tert-OH is 2. The summed E-state index contributed by atoms with van der Waals surface area (Å²) < 4.78 is 10.5. The lowest BCUT2D eigenvalue weighted by Gasteiger charge is -2.09. The summed E-state index contributed by atoms with van der Waals surface area (Å²) in [5.74, 6) is 0.826. The van der Waals surface area contributed by atoms with Crippen LogP contribution in [-0.2, 0) is 11.3 Å². The van der Waals surface area contributed by atoms with Crippen LogP contribution in [0, 0.1) is 0 Å². The highest BCUT2D eigenvalue weighted by atomic mass is 16.5. The van der Waals surface area contributed by atoms with Crippen LogP contribution in [0.2, 0.25) is 0 Å². The molecule has 0 saturated heterocycles. The first kappa shape index (κ1) is 14.0. The third-order valence-corrected chi connectivity index (χ3v) is 2.49. The molecule has 17 heavy (non-hydrogen) atoms. The molecular formula is C13H20O4. The molecule has 0 aliphatic rings. The van der Waals surface area contributed by atoms with E-state index in [1.54, 1.807) is 7.11 Å². The number of benzene rings is 1. The molecule has 0 unspecified atom stereocenters. The molecule has 0 amide bonds. The van der Waals surface area contributed by atoms with Gasteiger partial charge in [0.25, 0.3) is 0 Å². The van der Waals surface area contributed by atoms with E-state index in [1.807, 2.05) is 24.3 Å². The average molecular weight is 240 g/mol. The molecule has 0 fully saturated rings. The normalized spacial score (nSPS) is 12.4. The van der Waals surface area contributed by atoms with Crippen LogP contribution < -0.4 is 4.74 Å². The van der Waals surface area contributed by atoms with Gasteiger partial charge in [-0.15, -0.1) is 0 Å². The Morgan fingerprint density at radius 2 is 1.88 bits per heavy atom. The number of methoxy groups -OCH3 is 1. The summed E-state index contributed by atoms with van der Waals surface area (Å²) in [5, 5.41) is 18.0. The lowest BCUT2D eigenvalue weighted by molar-refractivity contribution is 0.0618. The van der Waals surface area contributed by atoms with Crippen molar-refractivity contribution in [3.8, 4) is 5.75 Å². The van der Waals surface area contributed by atoms with Crippen molar-refractivity contribution in [2.24, 2.45) is 0 Å². The molecule has 4 nitrogen and oxygen atoms in total. The van der Waals surface area contributed by atoms with Crippen molar-refractivity contribution in [2.75, 3.05) is 20.3 Å². The fraction of sp³-hybridized carbons (Fsp3) is 0.538. The molecule has 0 heterocycles. The third kappa shape index (κ3) is 5.68. The zero-order chi connectivity index (χ0) is 12.5. The van der Waals surface area contributed by atoms with Crippen molar-refractivity contribution in [3.63, 3.8) is 0 Å². The maximum absolute atomic E-state index is 9.36. The van der Waals surface area contributed by atoms with Crippen LogP contribution in [0.3, 0.4) is 0 Å². The van der Waals surface area contributed by atoms with Gasteiger partial charge in [-0.1, -0.05) is 12.1 Å². The Balaban J connectivity index is 2.17. The van der Waals surface area contributed by atoms with Gasteiger partial charge in [-0.2, -0.15) is 0 Å². The predicted molar refractivity (Wildman–Crippen MR) is 65.0 cm³/mol. The molecule has 0 spiro atoms. The molecule has 1 aromatic rings. The first-order chi connectivity index (χ1) is 8.26. The van der Waals surface area contributed by atoms with E-state index in [1.165, 1.54) is 0 Å². The highest BCUT2D eigenvalue weighted by molar-refractivity contribution is 5.26. The van der Waals surface area contributed by atoms with Crippen LogP contribution in [0.1, 0.15) is 18.4 Å². The fourth-order valence-corrected chi connectivity index (χ4v) is 1.42. The van der Waals surface area contributed by atoms with Gasteiger partial charge in [0, 0.05) is 13.2 Å². The van der Waals surface area contributed by atoms with Crippen molar-refractivity contribution >= 4 is 0 Å². The van der Waals surface area contributed by atoms with E-state index in [0.717, 1.165) is 11.3 Å². The summed E-state index contributed by atoms with van der Waals surface area (Å²) in [4.78, 5) is 0. The van der Waals surface area contributed by atoms with Gasteiger partial charge in [0.1, 0.15) is 5.75 Å². The molecule has 0 aliphatic carbocycles. The molecule has 0 bridgehead atoms. The topological polar surface area (TPSA) is 58.9 Å². The lowest BCUT2D eigenvalue weighted by Crippen LogP contribution is -2.12.